The van der Waals surface area contributed by atoms with Gasteiger partial charge in [-0.25, -0.2) is 0 Å². The molecule has 4 rings (SSSR count). The molecule has 33 heavy (non-hydrogen) atoms. The smallest absolute Gasteiger partial charge is 0.290 e. The van der Waals surface area contributed by atoms with E-state index in [1.807, 2.05) is 76.2 Å². The van der Waals surface area contributed by atoms with E-state index in [1.54, 1.807) is 6.07 Å². The Morgan fingerprint density at radius 3 is 2.52 bits per heavy atom. The minimum atomic E-state index is -0.766. The molecule has 1 amide bonds. The van der Waals surface area contributed by atoms with E-state index in [4.69, 9.17) is 9.15 Å². The lowest BCUT2D eigenvalue weighted by Gasteiger charge is -2.29. The maximum atomic E-state index is 13.3. The molecule has 6 nitrogen and oxygen atoms in total. The molecule has 0 spiro atoms. The molecule has 0 aliphatic carbocycles. The normalized spacial score (nSPS) is 16.4. The number of ether oxygens (including phenoxy) is 1. The molecule has 3 aromatic rings. The van der Waals surface area contributed by atoms with Gasteiger partial charge in [-0.1, -0.05) is 48.0 Å². The van der Waals surface area contributed by atoms with Gasteiger partial charge < -0.3 is 19.2 Å². The second-order valence-corrected chi connectivity index (χ2v) is 9.14. The van der Waals surface area contributed by atoms with Gasteiger partial charge in [-0.05, 0) is 51.5 Å². The molecule has 0 saturated carbocycles. The van der Waals surface area contributed by atoms with Crippen molar-refractivity contribution in [3.63, 3.8) is 0 Å². The molecule has 1 N–H and O–H groups in total. The maximum Gasteiger partial charge on any atom is 0.290 e. The molecule has 6 heteroatoms. The topological polar surface area (TPSA) is 80.0 Å². The lowest BCUT2D eigenvalue weighted by Crippen LogP contribution is -2.31. The molecule has 1 aromatic heterocycles. The molecule has 170 valence electrons. The second kappa shape index (κ2) is 8.62. The van der Waals surface area contributed by atoms with Crippen molar-refractivity contribution in [1.82, 2.24) is 4.90 Å². The number of hydrogen-bond donors (Lipinski definition) is 1. The van der Waals surface area contributed by atoms with Gasteiger partial charge in [-0.3, -0.25) is 9.59 Å². The summed E-state index contributed by atoms with van der Waals surface area (Å²) in [6, 6.07) is 17.4. The van der Waals surface area contributed by atoms with Crippen LogP contribution < -0.4 is 4.74 Å². The van der Waals surface area contributed by atoms with Crippen molar-refractivity contribution in [3.8, 4) is 5.75 Å². The van der Waals surface area contributed by atoms with Crippen LogP contribution in [0.2, 0.25) is 0 Å². The number of carbonyl (C=O) groups is 2. The predicted octanol–water partition coefficient (Wildman–Crippen LogP) is 5.54. The predicted molar refractivity (Wildman–Crippen MR) is 124 cm³/mol. The van der Waals surface area contributed by atoms with Crippen LogP contribution in [-0.4, -0.2) is 27.3 Å². The third kappa shape index (κ3) is 4.55. The number of amides is 1. The third-order valence-electron chi connectivity index (χ3n) is 5.38. The van der Waals surface area contributed by atoms with Crippen LogP contribution >= 0.6 is 0 Å². The molecule has 1 atom stereocenters. The van der Waals surface area contributed by atoms with Crippen LogP contribution in [0.5, 0.6) is 5.75 Å². The molecular formula is C27H27NO5. The Labute approximate surface area is 193 Å². The zero-order valence-electron chi connectivity index (χ0n) is 19.2. The Kier molecular flexibility index (Phi) is 5.85. The summed E-state index contributed by atoms with van der Waals surface area (Å²) in [4.78, 5) is 28.0. The highest BCUT2D eigenvalue weighted by molar-refractivity contribution is 6.15. The zero-order chi connectivity index (χ0) is 23.8. The van der Waals surface area contributed by atoms with Gasteiger partial charge in [-0.15, -0.1) is 0 Å². The van der Waals surface area contributed by atoms with Crippen LogP contribution in [0.4, 0.5) is 0 Å². The fourth-order valence-corrected chi connectivity index (χ4v) is 4.02. The number of nitrogens with zero attached hydrogens (tertiary/aromatic N) is 1. The average molecular weight is 446 g/mol. The average Bonchev–Trinajstić information content (AvgIpc) is 3.37. The van der Waals surface area contributed by atoms with Crippen LogP contribution in [0.1, 0.15) is 54.1 Å². The zero-order valence-corrected chi connectivity index (χ0v) is 19.2. The Bertz CT molecular complexity index is 1220. The lowest BCUT2D eigenvalue weighted by molar-refractivity contribution is -0.130. The number of benzene rings is 2. The fourth-order valence-electron chi connectivity index (χ4n) is 4.02. The molecular weight excluding hydrogens is 418 g/mol. The first-order valence-electron chi connectivity index (χ1n) is 10.8. The summed E-state index contributed by atoms with van der Waals surface area (Å²) in [6.07, 6.45) is 1.39. The number of Topliss-reactive ketones (excluding diaryl/α,β-unsaturated/α-hetero) is 1. The van der Waals surface area contributed by atoms with E-state index in [1.165, 1.54) is 17.2 Å². The number of aliphatic hydroxyl groups is 1. The van der Waals surface area contributed by atoms with Crippen LogP contribution in [0.15, 0.2) is 82.7 Å². The monoisotopic (exact) mass is 445 g/mol. The number of furan rings is 1. The number of para-hydroxylation sites is 1. The van der Waals surface area contributed by atoms with Gasteiger partial charge in [-0.2, -0.15) is 0 Å². The van der Waals surface area contributed by atoms with E-state index < -0.39 is 29.1 Å². The van der Waals surface area contributed by atoms with Crippen LogP contribution in [0, 0.1) is 6.92 Å². The highest BCUT2D eigenvalue weighted by Crippen LogP contribution is 2.41. The summed E-state index contributed by atoms with van der Waals surface area (Å²) in [5, 5.41) is 10.8. The highest BCUT2D eigenvalue weighted by atomic mass is 16.5. The number of aliphatic hydroxyl groups excluding tert-OH is 1. The van der Waals surface area contributed by atoms with E-state index in [0.29, 0.717) is 5.75 Å². The van der Waals surface area contributed by atoms with Crippen molar-refractivity contribution in [1.29, 1.82) is 0 Å². The number of hydrogen-bond acceptors (Lipinski definition) is 5. The first kappa shape index (κ1) is 22.4. The second-order valence-electron chi connectivity index (χ2n) is 9.14. The van der Waals surface area contributed by atoms with Crippen LogP contribution in [-0.2, 0) is 11.3 Å². The van der Waals surface area contributed by atoms with E-state index in [9.17, 15) is 14.7 Å². The minimum absolute atomic E-state index is 0.00905. The Hall–Kier alpha value is -3.80. The van der Waals surface area contributed by atoms with Gasteiger partial charge >= 0.3 is 0 Å². The Morgan fingerprint density at radius 2 is 1.85 bits per heavy atom. The number of aryl methyl sites for hydroxylation is 1. The molecule has 2 aromatic carbocycles. The van der Waals surface area contributed by atoms with Crippen molar-refractivity contribution in [3.05, 3.63) is 101 Å². The van der Waals surface area contributed by atoms with Crippen molar-refractivity contribution >= 4 is 11.7 Å². The Morgan fingerprint density at radius 1 is 1.09 bits per heavy atom. The van der Waals surface area contributed by atoms with Crippen LogP contribution in [0.25, 0.3) is 0 Å². The van der Waals surface area contributed by atoms with Gasteiger partial charge in [0.05, 0.1) is 24.4 Å². The fraction of sp³-hybridized carbons (Fsp3) is 0.259. The Balaban J connectivity index is 1.79. The summed E-state index contributed by atoms with van der Waals surface area (Å²) < 4.78 is 11.4. The molecule has 0 fully saturated rings. The molecule has 0 saturated heterocycles. The third-order valence-corrected chi connectivity index (χ3v) is 5.38. The van der Waals surface area contributed by atoms with Crippen LogP contribution in [0.3, 0.4) is 0 Å². The van der Waals surface area contributed by atoms with Gasteiger partial charge in [0.15, 0.2) is 11.5 Å². The maximum absolute atomic E-state index is 13.3. The quantitative estimate of drug-likeness (QED) is 0.504. The molecule has 1 aliphatic heterocycles. The van der Waals surface area contributed by atoms with Crippen molar-refractivity contribution in [2.75, 3.05) is 0 Å². The molecule has 1 aliphatic rings. The number of carbonyl (C=O) groups excluding carboxylic acids is 2. The minimum Gasteiger partial charge on any atom is -0.503 e. The number of ketones is 1. The SMILES string of the molecule is Cc1cccc(C2C(C(=O)c3ccco3)=C(O)C(=O)N2Cc2ccccc2OC(C)(C)C)c1. The summed E-state index contributed by atoms with van der Waals surface area (Å²) in [7, 11) is 0. The lowest BCUT2D eigenvalue weighted by atomic mass is 9.94. The largest absolute Gasteiger partial charge is 0.503 e. The number of rotatable bonds is 6. The van der Waals surface area contributed by atoms with Gasteiger partial charge in [0.25, 0.3) is 5.91 Å². The van der Waals surface area contributed by atoms with Crippen molar-refractivity contribution in [2.45, 2.75) is 45.9 Å². The van der Waals surface area contributed by atoms with E-state index in [0.717, 1.165) is 16.7 Å². The molecule has 0 bridgehead atoms. The van der Waals surface area contributed by atoms with Crippen molar-refractivity contribution < 1.29 is 23.8 Å². The highest BCUT2D eigenvalue weighted by Gasteiger charge is 2.44. The molecule has 0 radical (unpaired) electrons. The summed E-state index contributed by atoms with van der Waals surface area (Å²) >= 11 is 0. The van der Waals surface area contributed by atoms with Gasteiger partial charge in [0.1, 0.15) is 11.4 Å². The van der Waals surface area contributed by atoms with E-state index >= 15 is 0 Å². The summed E-state index contributed by atoms with van der Waals surface area (Å²) in [5.41, 5.74) is 2.07. The first-order chi connectivity index (χ1) is 15.7. The molecule has 1 unspecified atom stereocenters. The van der Waals surface area contributed by atoms with E-state index in [2.05, 4.69) is 0 Å². The van der Waals surface area contributed by atoms with Crippen molar-refractivity contribution in [2.24, 2.45) is 0 Å². The standard InChI is InChI=1S/C27H27NO5/c1-17-9-7-11-18(15-17)23-22(24(29)21-13-8-14-32-21)25(30)26(31)28(23)16-19-10-5-6-12-20(19)33-27(2,3)4/h5-15,23,30H,16H2,1-4H3. The van der Waals surface area contributed by atoms with Gasteiger partial charge in [0.2, 0.25) is 5.78 Å². The van der Waals surface area contributed by atoms with Gasteiger partial charge in [0, 0.05) is 5.56 Å². The van der Waals surface area contributed by atoms with E-state index in [-0.39, 0.29) is 17.9 Å². The molecule has 2 heterocycles. The first-order valence-corrected chi connectivity index (χ1v) is 10.8. The summed E-state index contributed by atoms with van der Waals surface area (Å²) in [6.45, 7) is 7.95. The summed E-state index contributed by atoms with van der Waals surface area (Å²) in [5.74, 6) is -0.968.